The number of hydrogen-bond acceptors (Lipinski definition) is 2. The van der Waals surface area contributed by atoms with Crippen molar-refractivity contribution in [2.45, 2.75) is 0 Å². The largest absolute Gasteiger partial charge is 0.429 e. The Morgan fingerprint density at radius 2 is 1.90 bits per heavy atom. The zero-order chi connectivity index (χ0) is 7.40. The van der Waals surface area contributed by atoms with Crippen molar-refractivity contribution >= 4 is 29.1 Å². The molecule has 0 N–H and O–H groups in total. The molecule has 0 saturated carbocycles. The monoisotopic (exact) mass is 248 g/mol. The van der Waals surface area contributed by atoms with Crippen molar-refractivity contribution < 1.29 is 9.53 Å². The van der Waals surface area contributed by atoms with Crippen LogP contribution >= 0.6 is 22.6 Å². The third kappa shape index (κ3) is 1.98. The van der Waals surface area contributed by atoms with Gasteiger partial charge < -0.3 is 4.74 Å². The second-order valence-electron chi connectivity index (χ2n) is 1.67. The van der Waals surface area contributed by atoms with Gasteiger partial charge in [-0.25, -0.2) is 0 Å². The topological polar surface area (TPSA) is 26.3 Å². The van der Waals surface area contributed by atoms with Crippen LogP contribution in [0.2, 0.25) is 0 Å². The maximum Gasteiger partial charge on any atom is 0.298 e. The third-order valence-corrected chi connectivity index (χ3v) is 1.72. The van der Waals surface area contributed by atoms with Crippen molar-refractivity contribution in [1.82, 2.24) is 0 Å². The molecule has 1 aromatic carbocycles. The Morgan fingerprint density at radius 3 is 2.40 bits per heavy atom. The highest BCUT2D eigenvalue weighted by atomic mass is 127. The fourth-order valence-electron chi connectivity index (χ4n) is 0.569. The summed E-state index contributed by atoms with van der Waals surface area (Å²) >= 11 is 2.18. The van der Waals surface area contributed by atoms with Gasteiger partial charge in [-0.05, 0) is 46.9 Å². The van der Waals surface area contributed by atoms with Gasteiger partial charge in [-0.15, -0.1) is 0 Å². The first kappa shape index (κ1) is 7.53. The van der Waals surface area contributed by atoms with Crippen LogP contribution in [0.15, 0.2) is 24.3 Å². The summed E-state index contributed by atoms with van der Waals surface area (Å²) in [4.78, 5) is 9.84. The highest BCUT2D eigenvalue weighted by Crippen LogP contribution is 2.12. The molecule has 1 aromatic rings. The molecule has 0 aliphatic heterocycles. The molecule has 0 fully saturated rings. The van der Waals surface area contributed by atoms with Crippen LogP contribution in [0.3, 0.4) is 0 Å². The summed E-state index contributed by atoms with van der Waals surface area (Å²) in [5.41, 5.74) is 0. The van der Waals surface area contributed by atoms with E-state index in [1.54, 1.807) is 12.1 Å². The molecule has 10 heavy (non-hydrogen) atoms. The number of hydrogen-bond donors (Lipinski definition) is 0. The predicted octanol–water partition coefficient (Wildman–Crippen LogP) is 1.83. The van der Waals surface area contributed by atoms with E-state index in [9.17, 15) is 4.79 Å². The van der Waals surface area contributed by atoms with Crippen LogP contribution in [0.4, 0.5) is 0 Å². The lowest BCUT2D eigenvalue weighted by Crippen LogP contribution is -1.86. The molecule has 1 rings (SSSR count). The van der Waals surface area contributed by atoms with Crippen molar-refractivity contribution in [2.24, 2.45) is 0 Å². The second-order valence-corrected chi connectivity index (χ2v) is 2.91. The van der Waals surface area contributed by atoms with Gasteiger partial charge in [0.15, 0.2) is 0 Å². The molecule has 0 amide bonds. The maximum absolute atomic E-state index is 9.84. The van der Waals surface area contributed by atoms with Gasteiger partial charge in [0, 0.05) is 3.57 Å². The molecule has 0 unspecified atom stereocenters. The minimum atomic E-state index is 0.419. The molecule has 2 nitrogen and oxygen atoms in total. The van der Waals surface area contributed by atoms with Crippen molar-refractivity contribution in [3.8, 4) is 5.75 Å². The summed E-state index contributed by atoms with van der Waals surface area (Å²) in [6.45, 7) is 0.419. The van der Waals surface area contributed by atoms with Crippen LogP contribution in [-0.2, 0) is 4.79 Å². The van der Waals surface area contributed by atoms with E-state index in [0.717, 1.165) is 3.57 Å². The van der Waals surface area contributed by atoms with E-state index < -0.39 is 0 Å². The van der Waals surface area contributed by atoms with Gasteiger partial charge in [0.25, 0.3) is 6.47 Å². The van der Waals surface area contributed by atoms with Gasteiger partial charge in [-0.2, -0.15) is 0 Å². The average Bonchev–Trinajstić information content (AvgIpc) is 1.95. The van der Waals surface area contributed by atoms with Gasteiger partial charge >= 0.3 is 0 Å². The fraction of sp³-hybridized carbons (Fsp3) is 0. The number of benzene rings is 1. The molecular formula is C7H5IO2. The summed E-state index contributed by atoms with van der Waals surface area (Å²) in [7, 11) is 0. The number of carbonyl (C=O) groups is 1. The van der Waals surface area contributed by atoms with E-state index >= 15 is 0 Å². The number of ether oxygens (including phenoxy) is 1. The summed E-state index contributed by atoms with van der Waals surface area (Å²) in [5, 5.41) is 0. The molecule has 0 aliphatic carbocycles. The zero-order valence-electron chi connectivity index (χ0n) is 5.08. The first-order valence-corrected chi connectivity index (χ1v) is 3.76. The van der Waals surface area contributed by atoms with Gasteiger partial charge in [0.05, 0.1) is 0 Å². The highest BCUT2D eigenvalue weighted by Gasteiger charge is 1.89. The maximum atomic E-state index is 9.84. The summed E-state index contributed by atoms with van der Waals surface area (Å²) < 4.78 is 5.70. The van der Waals surface area contributed by atoms with E-state index in [1.807, 2.05) is 12.1 Å². The number of carbonyl (C=O) groups excluding carboxylic acids is 1. The number of rotatable bonds is 2. The first-order valence-electron chi connectivity index (χ1n) is 2.69. The third-order valence-electron chi connectivity index (χ3n) is 0.998. The lowest BCUT2D eigenvalue weighted by molar-refractivity contribution is -0.120. The molecule has 3 heteroatoms. The van der Waals surface area contributed by atoms with E-state index in [2.05, 4.69) is 27.3 Å². The van der Waals surface area contributed by atoms with Crippen LogP contribution in [0, 0.1) is 3.57 Å². The van der Waals surface area contributed by atoms with Crippen molar-refractivity contribution in [3.63, 3.8) is 0 Å². The predicted molar refractivity (Wildman–Crippen MR) is 45.9 cm³/mol. The standard InChI is InChI=1S/C7H5IO2/c8-6-1-3-7(4-2-6)10-5-9/h1-5H. The Hall–Kier alpha value is -0.580. The molecule has 0 heterocycles. The second kappa shape index (κ2) is 3.55. The Balaban J connectivity index is 2.78. The summed E-state index contributed by atoms with van der Waals surface area (Å²) in [6, 6.07) is 7.24. The highest BCUT2D eigenvalue weighted by molar-refractivity contribution is 14.1. The van der Waals surface area contributed by atoms with Gasteiger partial charge in [-0.1, -0.05) is 0 Å². The molecule has 0 bridgehead atoms. The first-order chi connectivity index (χ1) is 4.83. The Morgan fingerprint density at radius 1 is 1.30 bits per heavy atom. The van der Waals surface area contributed by atoms with Crippen molar-refractivity contribution in [3.05, 3.63) is 27.8 Å². The Kier molecular flexibility index (Phi) is 2.68. The van der Waals surface area contributed by atoms with Gasteiger partial charge in [0.2, 0.25) is 0 Å². The zero-order valence-corrected chi connectivity index (χ0v) is 7.24. The summed E-state index contributed by atoms with van der Waals surface area (Å²) in [6.07, 6.45) is 0. The van der Waals surface area contributed by atoms with E-state index in [4.69, 9.17) is 0 Å². The molecule has 0 radical (unpaired) electrons. The fourth-order valence-corrected chi connectivity index (χ4v) is 0.928. The normalized spacial score (nSPS) is 8.90. The van der Waals surface area contributed by atoms with Crippen LogP contribution in [0.25, 0.3) is 0 Å². The van der Waals surface area contributed by atoms with Crippen LogP contribution < -0.4 is 4.74 Å². The van der Waals surface area contributed by atoms with Crippen LogP contribution in [-0.4, -0.2) is 6.47 Å². The van der Waals surface area contributed by atoms with E-state index in [-0.39, 0.29) is 0 Å². The van der Waals surface area contributed by atoms with Crippen LogP contribution in [0.1, 0.15) is 0 Å². The molecule has 0 saturated heterocycles. The molecule has 0 spiro atoms. The van der Waals surface area contributed by atoms with Gasteiger partial charge in [0.1, 0.15) is 5.75 Å². The Bertz CT molecular complexity index is 218. The van der Waals surface area contributed by atoms with E-state index in [1.165, 1.54) is 0 Å². The van der Waals surface area contributed by atoms with Crippen LogP contribution in [0.5, 0.6) is 5.75 Å². The molecule has 0 atom stereocenters. The smallest absolute Gasteiger partial charge is 0.298 e. The molecule has 0 aromatic heterocycles. The van der Waals surface area contributed by atoms with Crippen molar-refractivity contribution in [1.29, 1.82) is 0 Å². The van der Waals surface area contributed by atoms with Crippen molar-refractivity contribution in [2.75, 3.05) is 0 Å². The lowest BCUT2D eigenvalue weighted by Gasteiger charge is -1.94. The SMILES string of the molecule is O=COc1ccc(I)cc1. The Labute approximate surface area is 72.3 Å². The van der Waals surface area contributed by atoms with E-state index in [0.29, 0.717) is 12.2 Å². The lowest BCUT2D eigenvalue weighted by atomic mass is 10.3. The number of halogens is 1. The quantitative estimate of drug-likeness (QED) is 0.589. The van der Waals surface area contributed by atoms with Gasteiger partial charge in [-0.3, -0.25) is 4.79 Å². The molecule has 0 aliphatic rings. The molecule has 52 valence electrons. The minimum Gasteiger partial charge on any atom is -0.429 e. The average molecular weight is 248 g/mol. The molecular weight excluding hydrogens is 243 g/mol. The summed E-state index contributed by atoms with van der Waals surface area (Å²) in [5.74, 6) is 0.579. The minimum absolute atomic E-state index is 0.419.